The van der Waals surface area contributed by atoms with Crippen LogP contribution < -0.4 is 0 Å². The van der Waals surface area contributed by atoms with Gasteiger partial charge in [-0.3, -0.25) is 0 Å². The summed E-state index contributed by atoms with van der Waals surface area (Å²) in [5, 5.41) is 7.76. The standard InChI is InChI=1S/C9H12N2O2/c1-9(2)12-6-8(13-9)7-4-3-5-10-11-7/h3-5,8H,6H2,1-2H3/t8-/m1/s1. The average Bonchev–Trinajstić information content (AvgIpc) is 2.48. The molecule has 1 saturated heterocycles. The van der Waals surface area contributed by atoms with Crippen LogP contribution in [-0.2, 0) is 9.47 Å². The number of ether oxygens (including phenoxy) is 2. The molecule has 0 N–H and O–H groups in total. The predicted molar refractivity (Wildman–Crippen MR) is 45.9 cm³/mol. The maximum absolute atomic E-state index is 5.61. The van der Waals surface area contributed by atoms with Crippen LogP contribution in [-0.4, -0.2) is 22.6 Å². The maximum Gasteiger partial charge on any atom is 0.163 e. The van der Waals surface area contributed by atoms with Crippen molar-refractivity contribution in [1.82, 2.24) is 10.2 Å². The van der Waals surface area contributed by atoms with Crippen molar-refractivity contribution in [2.45, 2.75) is 25.7 Å². The van der Waals surface area contributed by atoms with E-state index in [-0.39, 0.29) is 6.10 Å². The van der Waals surface area contributed by atoms with Crippen LogP contribution >= 0.6 is 0 Å². The quantitative estimate of drug-likeness (QED) is 0.653. The lowest BCUT2D eigenvalue weighted by molar-refractivity contribution is -0.139. The highest BCUT2D eigenvalue weighted by Crippen LogP contribution is 2.31. The van der Waals surface area contributed by atoms with Crippen molar-refractivity contribution in [1.29, 1.82) is 0 Å². The van der Waals surface area contributed by atoms with E-state index in [0.717, 1.165) is 5.69 Å². The summed E-state index contributed by atoms with van der Waals surface area (Å²) in [6, 6.07) is 3.74. The van der Waals surface area contributed by atoms with Crippen LogP contribution in [0.5, 0.6) is 0 Å². The van der Waals surface area contributed by atoms with Crippen molar-refractivity contribution >= 4 is 0 Å². The molecule has 1 aromatic rings. The molecular formula is C9H12N2O2. The van der Waals surface area contributed by atoms with E-state index in [1.165, 1.54) is 0 Å². The van der Waals surface area contributed by atoms with Gasteiger partial charge in [0.15, 0.2) is 5.79 Å². The zero-order chi connectivity index (χ0) is 9.31. The summed E-state index contributed by atoms with van der Waals surface area (Å²) < 4.78 is 11.0. The van der Waals surface area contributed by atoms with Crippen molar-refractivity contribution < 1.29 is 9.47 Å². The summed E-state index contributed by atoms with van der Waals surface area (Å²) in [6.07, 6.45) is 1.56. The number of aromatic nitrogens is 2. The minimum absolute atomic E-state index is 0.0799. The molecule has 0 aliphatic carbocycles. The molecule has 0 unspecified atom stereocenters. The highest BCUT2D eigenvalue weighted by Gasteiger charge is 2.34. The first-order valence-electron chi connectivity index (χ1n) is 4.27. The summed E-state index contributed by atoms with van der Waals surface area (Å²) in [5.74, 6) is -0.498. The highest BCUT2D eigenvalue weighted by molar-refractivity contribution is 5.04. The Bertz CT molecular complexity index is 287. The monoisotopic (exact) mass is 180 g/mol. The van der Waals surface area contributed by atoms with E-state index in [1.807, 2.05) is 26.0 Å². The largest absolute Gasteiger partial charge is 0.347 e. The van der Waals surface area contributed by atoms with E-state index in [0.29, 0.717) is 6.61 Å². The second-order valence-corrected chi connectivity index (χ2v) is 3.47. The lowest BCUT2D eigenvalue weighted by Crippen LogP contribution is -2.19. The molecule has 0 saturated carbocycles. The van der Waals surface area contributed by atoms with E-state index < -0.39 is 5.79 Å². The van der Waals surface area contributed by atoms with Crippen LogP contribution in [0.4, 0.5) is 0 Å². The number of nitrogens with zero attached hydrogens (tertiary/aromatic N) is 2. The molecule has 4 nitrogen and oxygen atoms in total. The topological polar surface area (TPSA) is 44.2 Å². The molecule has 2 heterocycles. The van der Waals surface area contributed by atoms with Gasteiger partial charge in [-0.15, -0.1) is 0 Å². The zero-order valence-electron chi connectivity index (χ0n) is 7.73. The van der Waals surface area contributed by atoms with Gasteiger partial charge in [0.25, 0.3) is 0 Å². The lowest BCUT2D eigenvalue weighted by Gasteiger charge is -2.16. The molecule has 4 heteroatoms. The van der Waals surface area contributed by atoms with Crippen molar-refractivity contribution in [2.24, 2.45) is 0 Å². The van der Waals surface area contributed by atoms with Crippen molar-refractivity contribution in [3.8, 4) is 0 Å². The fraction of sp³-hybridized carbons (Fsp3) is 0.556. The van der Waals surface area contributed by atoms with Gasteiger partial charge in [-0.2, -0.15) is 10.2 Å². The molecule has 0 aromatic carbocycles. The molecule has 70 valence electrons. The van der Waals surface area contributed by atoms with Gasteiger partial charge < -0.3 is 9.47 Å². The average molecular weight is 180 g/mol. The Morgan fingerprint density at radius 3 is 2.92 bits per heavy atom. The Morgan fingerprint density at radius 1 is 1.54 bits per heavy atom. The van der Waals surface area contributed by atoms with Gasteiger partial charge >= 0.3 is 0 Å². The van der Waals surface area contributed by atoms with E-state index in [1.54, 1.807) is 6.20 Å². The fourth-order valence-corrected chi connectivity index (χ4v) is 1.32. The normalized spacial score (nSPS) is 26.2. The summed E-state index contributed by atoms with van der Waals surface area (Å²) >= 11 is 0. The second-order valence-electron chi connectivity index (χ2n) is 3.47. The second kappa shape index (κ2) is 3.05. The van der Waals surface area contributed by atoms with Crippen molar-refractivity contribution in [3.05, 3.63) is 24.0 Å². The summed E-state index contributed by atoms with van der Waals surface area (Å²) in [4.78, 5) is 0. The molecule has 0 bridgehead atoms. The molecule has 1 aromatic heterocycles. The zero-order valence-corrected chi connectivity index (χ0v) is 7.73. The SMILES string of the molecule is CC1(C)OC[C@H](c2cccnn2)O1. The molecule has 13 heavy (non-hydrogen) atoms. The van der Waals surface area contributed by atoms with Crippen LogP contribution in [0.25, 0.3) is 0 Å². The number of hydrogen-bond acceptors (Lipinski definition) is 4. The van der Waals surface area contributed by atoms with Crippen LogP contribution in [0.2, 0.25) is 0 Å². The van der Waals surface area contributed by atoms with Crippen LogP contribution in [0.1, 0.15) is 25.6 Å². The van der Waals surface area contributed by atoms with E-state index in [9.17, 15) is 0 Å². The highest BCUT2D eigenvalue weighted by atomic mass is 16.7. The predicted octanol–water partition coefficient (Wildman–Crippen LogP) is 1.30. The third kappa shape index (κ3) is 1.84. The van der Waals surface area contributed by atoms with E-state index in [4.69, 9.17) is 9.47 Å². The Morgan fingerprint density at radius 2 is 2.38 bits per heavy atom. The molecule has 1 aliphatic heterocycles. The molecule has 1 aliphatic rings. The van der Waals surface area contributed by atoms with Crippen molar-refractivity contribution in [2.75, 3.05) is 6.61 Å². The Hall–Kier alpha value is -1.00. The van der Waals surface area contributed by atoms with Gasteiger partial charge in [0, 0.05) is 6.20 Å². The van der Waals surface area contributed by atoms with E-state index in [2.05, 4.69) is 10.2 Å². The minimum atomic E-state index is -0.498. The third-order valence-electron chi connectivity index (χ3n) is 1.93. The van der Waals surface area contributed by atoms with Gasteiger partial charge in [-0.05, 0) is 26.0 Å². The van der Waals surface area contributed by atoms with E-state index >= 15 is 0 Å². The van der Waals surface area contributed by atoms with Crippen LogP contribution in [0.15, 0.2) is 18.3 Å². The third-order valence-corrected chi connectivity index (χ3v) is 1.93. The molecule has 1 atom stereocenters. The fourth-order valence-electron chi connectivity index (χ4n) is 1.32. The Kier molecular flexibility index (Phi) is 2.01. The van der Waals surface area contributed by atoms with Crippen LogP contribution in [0, 0.1) is 0 Å². The summed E-state index contributed by atoms with van der Waals surface area (Å²) in [6.45, 7) is 4.33. The molecule has 0 radical (unpaired) electrons. The summed E-state index contributed by atoms with van der Waals surface area (Å²) in [7, 11) is 0. The first kappa shape index (κ1) is 8.59. The molecule has 0 amide bonds. The van der Waals surface area contributed by atoms with Crippen molar-refractivity contribution in [3.63, 3.8) is 0 Å². The molecular weight excluding hydrogens is 168 g/mol. The first-order chi connectivity index (χ1) is 6.17. The van der Waals surface area contributed by atoms with Gasteiger partial charge in [-0.25, -0.2) is 0 Å². The maximum atomic E-state index is 5.61. The Labute approximate surface area is 76.9 Å². The van der Waals surface area contributed by atoms with Gasteiger partial charge in [-0.1, -0.05) is 0 Å². The molecule has 2 rings (SSSR count). The minimum Gasteiger partial charge on any atom is -0.347 e. The van der Waals surface area contributed by atoms with Crippen LogP contribution in [0.3, 0.4) is 0 Å². The number of rotatable bonds is 1. The first-order valence-corrected chi connectivity index (χ1v) is 4.27. The lowest BCUT2D eigenvalue weighted by atomic mass is 10.2. The Balaban J connectivity index is 2.13. The van der Waals surface area contributed by atoms with Gasteiger partial charge in [0.1, 0.15) is 6.10 Å². The molecule has 1 fully saturated rings. The van der Waals surface area contributed by atoms with Gasteiger partial charge in [0.05, 0.1) is 12.3 Å². The van der Waals surface area contributed by atoms with Gasteiger partial charge in [0.2, 0.25) is 0 Å². The molecule has 0 spiro atoms. The smallest absolute Gasteiger partial charge is 0.163 e. The number of hydrogen-bond donors (Lipinski definition) is 0. The summed E-state index contributed by atoms with van der Waals surface area (Å²) in [5.41, 5.74) is 0.827.